The summed E-state index contributed by atoms with van der Waals surface area (Å²) in [4.78, 5) is 13.1. The van der Waals surface area contributed by atoms with E-state index in [9.17, 15) is 13.2 Å². The van der Waals surface area contributed by atoms with Crippen LogP contribution in [0.3, 0.4) is 0 Å². The zero-order chi connectivity index (χ0) is 15.2. The van der Waals surface area contributed by atoms with Crippen LogP contribution in [-0.2, 0) is 14.8 Å². The van der Waals surface area contributed by atoms with Crippen molar-refractivity contribution in [2.24, 2.45) is 0 Å². The maximum atomic E-state index is 12.1. The van der Waals surface area contributed by atoms with Gasteiger partial charge in [0.2, 0.25) is 15.9 Å². The van der Waals surface area contributed by atoms with Crippen LogP contribution in [0.15, 0.2) is 29.2 Å². The van der Waals surface area contributed by atoms with Gasteiger partial charge in [0.25, 0.3) is 0 Å². The molecule has 0 aliphatic rings. The van der Waals surface area contributed by atoms with E-state index in [0.717, 1.165) is 13.0 Å². The van der Waals surface area contributed by atoms with Crippen molar-refractivity contribution in [3.63, 3.8) is 0 Å². The summed E-state index contributed by atoms with van der Waals surface area (Å²) in [5, 5.41) is 2.56. The van der Waals surface area contributed by atoms with Crippen LogP contribution in [0.2, 0.25) is 0 Å². The van der Waals surface area contributed by atoms with Gasteiger partial charge >= 0.3 is 0 Å². The molecule has 1 aromatic carbocycles. The van der Waals surface area contributed by atoms with E-state index in [1.54, 1.807) is 12.1 Å². The number of nitrogens with zero attached hydrogens (tertiary/aromatic N) is 1. The molecule has 0 unspecified atom stereocenters. The summed E-state index contributed by atoms with van der Waals surface area (Å²) in [5.41, 5.74) is 0.466. The summed E-state index contributed by atoms with van der Waals surface area (Å²) in [7, 11) is 0.335. The molecule has 7 heteroatoms. The molecule has 0 heterocycles. The van der Waals surface area contributed by atoms with Gasteiger partial charge in [0.1, 0.15) is 0 Å². The van der Waals surface area contributed by atoms with Crippen molar-refractivity contribution in [2.45, 2.75) is 18.2 Å². The number of hydrogen-bond donors (Lipinski definition) is 2. The van der Waals surface area contributed by atoms with Gasteiger partial charge in [-0.15, -0.1) is 0 Å². The molecule has 0 aromatic heterocycles. The van der Waals surface area contributed by atoms with Crippen molar-refractivity contribution in [2.75, 3.05) is 32.5 Å². The van der Waals surface area contributed by atoms with Crippen molar-refractivity contribution in [1.29, 1.82) is 0 Å². The van der Waals surface area contributed by atoms with Crippen LogP contribution in [-0.4, -0.2) is 46.4 Å². The monoisotopic (exact) mass is 299 g/mol. The van der Waals surface area contributed by atoms with Crippen LogP contribution < -0.4 is 10.0 Å². The zero-order valence-electron chi connectivity index (χ0n) is 12.0. The molecular weight excluding hydrogens is 278 g/mol. The highest BCUT2D eigenvalue weighted by atomic mass is 32.2. The molecule has 1 amide bonds. The number of nitrogens with one attached hydrogen (secondary N) is 2. The standard InChI is InChI=1S/C13H21N3O3S/c1-11(17)15-12-6-4-7-13(10-12)20(18,19)14-8-5-9-16(2)3/h4,6-7,10,14H,5,8-9H2,1-3H3,(H,15,17). The van der Waals surface area contributed by atoms with Crippen molar-refractivity contribution in [1.82, 2.24) is 9.62 Å². The van der Waals surface area contributed by atoms with Crippen molar-refractivity contribution in [3.8, 4) is 0 Å². The number of rotatable bonds is 7. The van der Waals surface area contributed by atoms with Crippen LogP contribution in [0.25, 0.3) is 0 Å². The molecule has 1 rings (SSSR count). The second kappa shape index (κ2) is 7.37. The van der Waals surface area contributed by atoms with Gasteiger partial charge in [-0.25, -0.2) is 13.1 Å². The number of benzene rings is 1. The van der Waals surface area contributed by atoms with E-state index < -0.39 is 10.0 Å². The summed E-state index contributed by atoms with van der Waals surface area (Å²) in [6.45, 7) is 2.57. The molecule has 0 bridgehead atoms. The summed E-state index contributed by atoms with van der Waals surface area (Å²) in [5.74, 6) is -0.238. The Balaban J connectivity index is 2.69. The van der Waals surface area contributed by atoms with Crippen LogP contribution in [0.1, 0.15) is 13.3 Å². The minimum Gasteiger partial charge on any atom is -0.326 e. The molecule has 0 aliphatic carbocycles. The lowest BCUT2D eigenvalue weighted by Gasteiger charge is -2.11. The molecule has 0 atom stereocenters. The fourth-order valence-electron chi connectivity index (χ4n) is 1.63. The zero-order valence-corrected chi connectivity index (χ0v) is 12.8. The number of carbonyl (C=O) groups is 1. The normalized spacial score (nSPS) is 11.6. The number of amides is 1. The Kier molecular flexibility index (Phi) is 6.12. The van der Waals surface area contributed by atoms with Gasteiger partial charge in [0.15, 0.2) is 0 Å². The second-order valence-electron chi connectivity index (χ2n) is 4.76. The molecule has 0 saturated heterocycles. The number of hydrogen-bond acceptors (Lipinski definition) is 4. The first-order valence-corrected chi connectivity index (χ1v) is 7.81. The predicted octanol–water partition coefficient (Wildman–Crippen LogP) is 0.875. The van der Waals surface area contributed by atoms with E-state index >= 15 is 0 Å². The highest BCUT2D eigenvalue weighted by molar-refractivity contribution is 7.89. The maximum absolute atomic E-state index is 12.1. The Bertz CT molecular complexity index is 556. The average molecular weight is 299 g/mol. The molecule has 112 valence electrons. The van der Waals surface area contributed by atoms with Gasteiger partial charge in [-0.05, 0) is 45.3 Å². The third kappa shape index (κ3) is 5.68. The summed E-state index contributed by atoms with van der Waals surface area (Å²) in [6, 6.07) is 6.18. The quantitative estimate of drug-likeness (QED) is 0.733. The fourth-order valence-corrected chi connectivity index (χ4v) is 2.75. The number of sulfonamides is 1. The fraction of sp³-hybridized carbons (Fsp3) is 0.462. The van der Waals surface area contributed by atoms with Crippen LogP contribution in [0.4, 0.5) is 5.69 Å². The lowest BCUT2D eigenvalue weighted by molar-refractivity contribution is -0.114. The highest BCUT2D eigenvalue weighted by Gasteiger charge is 2.13. The number of carbonyl (C=O) groups excluding carboxylic acids is 1. The van der Waals surface area contributed by atoms with E-state index in [4.69, 9.17) is 0 Å². The first-order chi connectivity index (χ1) is 9.31. The SMILES string of the molecule is CC(=O)Nc1cccc(S(=O)(=O)NCCCN(C)C)c1. The van der Waals surface area contributed by atoms with Gasteiger partial charge in [-0.1, -0.05) is 6.07 Å². The Hall–Kier alpha value is -1.44. The van der Waals surface area contributed by atoms with Crippen LogP contribution in [0, 0.1) is 0 Å². The lowest BCUT2D eigenvalue weighted by atomic mass is 10.3. The first kappa shape index (κ1) is 16.6. The largest absolute Gasteiger partial charge is 0.326 e. The Morgan fingerprint density at radius 1 is 1.30 bits per heavy atom. The molecule has 0 spiro atoms. The Morgan fingerprint density at radius 3 is 2.60 bits per heavy atom. The van der Waals surface area contributed by atoms with Crippen molar-refractivity contribution in [3.05, 3.63) is 24.3 Å². The van der Waals surface area contributed by atoms with Gasteiger partial charge < -0.3 is 10.2 Å². The van der Waals surface area contributed by atoms with E-state index in [0.29, 0.717) is 12.2 Å². The summed E-state index contributed by atoms with van der Waals surface area (Å²) in [6.07, 6.45) is 0.734. The topological polar surface area (TPSA) is 78.5 Å². The molecule has 1 aromatic rings. The second-order valence-corrected chi connectivity index (χ2v) is 6.53. The van der Waals surface area contributed by atoms with Gasteiger partial charge in [-0.2, -0.15) is 0 Å². The molecular formula is C13H21N3O3S. The van der Waals surface area contributed by atoms with E-state index in [-0.39, 0.29) is 10.8 Å². The molecule has 0 fully saturated rings. The minimum atomic E-state index is -3.54. The predicted molar refractivity (Wildman–Crippen MR) is 79.1 cm³/mol. The van der Waals surface area contributed by atoms with E-state index in [2.05, 4.69) is 10.0 Å². The molecule has 0 aliphatic heterocycles. The first-order valence-electron chi connectivity index (χ1n) is 6.33. The van der Waals surface area contributed by atoms with Gasteiger partial charge in [0, 0.05) is 19.2 Å². The van der Waals surface area contributed by atoms with Gasteiger partial charge in [0.05, 0.1) is 4.90 Å². The number of anilines is 1. The van der Waals surface area contributed by atoms with E-state index in [1.165, 1.54) is 19.1 Å². The summed E-state index contributed by atoms with van der Waals surface area (Å²) < 4.78 is 26.7. The molecule has 6 nitrogen and oxygen atoms in total. The average Bonchev–Trinajstić information content (AvgIpc) is 2.34. The van der Waals surface area contributed by atoms with E-state index in [1.807, 2.05) is 19.0 Å². The van der Waals surface area contributed by atoms with Crippen molar-refractivity contribution >= 4 is 21.6 Å². The van der Waals surface area contributed by atoms with Crippen LogP contribution >= 0.6 is 0 Å². The third-order valence-electron chi connectivity index (χ3n) is 2.54. The van der Waals surface area contributed by atoms with Gasteiger partial charge in [-0.3, -0.25) is 4.79 Å². The molecule has 2 N–H and O–H groups in total. The molecule has 0 saturated carbocycles. The smallest absolute Gasteiger partial charge is 0.240 e. The Morgan fingerprint density at radius 2 is 2.00 bits per heavy atom. The van der Waals surface area contributed by atoms with Crippen LogP contribution in [0.5, 0.6) is 0 Å². The maximum Gasteiger partial charge on any atom is 0.240 e. The minimum absolute atomic E-state index is 0.147. The third-order valence-corrected chi connectivity index (χ3v) is 4.00. The summed E-state index contributed by atoms with van der Waals surface area (Å²) >= 11 is 0. The Labute approximate surface area is 120 Å². The lowest BCUT2D eigenvalue weighted by Crippen LogP contribution is -2.27. The molecule has 20 heavy (non-hydrogen) atoms. The molecule has 0 radical (unpaired) electrons. The highest BCUT2D eigenvalue weighted by Crippen LogP contribution is 2.15. The van der Waals surface area contributed by atoms with Crippen molar-refractivity contribution < 1.29 is 13.2 Å².